The van der Waals surface area contributed by atoms with E-state index in [4.69, 9.17) is 23.2 Å². The van der Waals surface area contributed by atoms with E-state index in [1.165, 1.54) is 16.8 Å². The molecule has 0 aliphatic rings. The minimum atomic E-state index is -0.749. The van der Waals surface area contributed by atoms with Gasteiger partial charge in [-0.05, 0) is 6.07 Å². The van der Waals surface area contributed by atoms with Gasteiger partial charge in [-0.15, -0.1) is 11.6 Å². The highest BCUT2D eigenvalue weighted by atomic mass is 35.5. The molecule has 0 bridgehead atoms. The van der Waals surface area contributed by atoms with Crippen molar-refractivity contribution in [2.45, 2.75) is 12.6 Å². The van der Waals surface area contributed by atoms with Gasteiger partial charge >= 0.3 is 0 Å². The third-order valence-corrected chi connectivity index (χ3v) is 3.10. The fourth-order valence-electron chi connectivity index (χ4n) is 1.63. The Morgan fingerprint density at radius 3 is 2.89 bits per heavy atom. The third-order valence-electron chi connectivity index (χ3n) is 2.46. The zero-order chi connectivity index (χ0) is 13.3. The van der Waals surface area contributed by atoms with Crippen molar-refractivity contribution in [2.24, 2.45) is 0 Å². The van der Waals surface area contributed by atoms with Crippen LogP contribution in [0.4, 0.5) is 5.69 Å². The lowest BCUT2D eigenvalue weighted by atomic mass is 10.2. The van der Waals surface area contributed by atoms with Crippen molar-refractivity contribution in [1.82, 2.24) is 9.78 Å². The average Bonchev–Trinajstić information content (AvgIpc) is 2.65. The molecule has 0 aliphatic carbocycles. The number of aliphatic hydroxyl groups excluding tert-OH is 1. The van der Waals surface area contributed by atoms with Crippen LogP contribution in [0.3, 0.4) is 0 Å². The Balaban J connectivity index is 2.49. The highest BCUT2D eigenvalue weighted by Gasteiger charge is 2.15. The van der Waals surface area contributed by atoms with Crippen molar-refractivity contribution >= 4 is 39.8 Å². The lowest BCUT2D eigenvalue weighted by Gasteiger charge is -2.07. The predicted molar refractivity (Wildman–Crippen MR) is 68.1 cm³/mol. The van der Waals surface area contributed by atoms with Crippen LogP contribution in [0.2, 0.25) is 5.15 Å². The van der Waals surface area contributed by atoms with Crippen LogP contribution in [0.15, 0.2) is 18.2 Å². The fraction of sp³-hybridized carbons (Fsp3) is 0.300. The van der Waals surface area contributed by atoms with E-state index in [0.717, 1.165) is 0 Å². The predicted octanol–water partition coefficient (Wildman–Crippen LogP) is 2.20. The summed E-state index contributed by atoms with van der Waals surface area (Å²) in [5.74, 6) is 0.0754. The molecule has 0 aliphatic heterocycles. The second-order valence-corrected chi connectivity index (χ2v) is 4.41. The van der Waals surface area contributed by atoms with Crippen LogP contribution in [0.5, 0.6) is 0 Å². The SMILES string of the molecule is O=[N+]([O-])c1ccc2c(c1)c(Cl)nn2CC(O)CCl. The van der Waals surface area contributed by atoms with Gasteiger partial charge in [0.2, 0.25) is 0 Å². The summed E-state index contributed by atoms with van der Waals surface area (Å²) in [5.41, 5.74) is 0.566. The van der Waals surface area contributed by atoms with Crippen LogP contribution < -0.4 is 0 Å². The number of nitro groups is 1. The maximum Gasteiger partial charge on any atom is 0.270 e. The van der Waals surface area contributed by atoms with Crippen molar-refractivity contribution in [3.05, 3.63) is 33.5 Å². The molecular formula is C10H9Cl2N3O3. The van der Waals surface area contributed by atoms with Crippen LogP contribution in [-0.2, 0) is 6.54 Å². The number of alkyl halides is 1. The summed E-state index contributed by atoms with van der Waals surface area (Å²) in [6.07, 6.45) is -0.749. The van der Waals surface area contributed by atoms with Crippen LogP contribution in [0.25, 0.3) is 10.9 Å². The number of hydrogen-bond donors (Lipinski definition) is 1. The molecule has 0 saturated heterocycles. The molecule has 0 saturated carbocycles. The van der Waals surface area contributed by atoms with Gasteiger partial charge in [-0.25, -0.2) is 0 Å². The van der Waals surface area contributed by atoms with E-state index in [0.29, 0.717) is 10.9 Å². The van der Waals surface area contributed by atoms with Crippen LogP contribution in [-0.4, -0.2) is 31.8 Å². The van der Waals surface area contributed by atoms with E-state index in [1.54, 1.807) is 6.07 Å². The molecule has 18 heavy (non-hydrogen) atoms. The van der Waals surface area contributed by atoms with Gasteiger partial charge in [0.25, 0.3) is 5.69 Å². The molecule has 2 rings (SSSR count). The van der Waals surface area contributed by atoms with Crippen LogP contribution in [0, 0.1) is 10.1 Å². The Hall–Kier alpha value is -1.37. The lowest BCUT2D eigenvalue weighted by molar-refractivity contribution is -0.384. The number of aliphatic hydroxyl groups is 1. The van der Waals surface area contributed by atoms with Crippen molar-refractivity contribution in [2.75, 3.05) is 5.88 Å². The maximum absolute atomic E-state index is 10.7. The van der Waals surface area contributed by atoms with Gasteiger partial charge in [-0.1, -0.05) is 11.6 Å². The number of benzene rings is 1. The number of hydrogen-bond acceptors (Lipinski definition) is 4. The standard InChI is InChI=1S/C10H9Cl2N3O3/c11-4-7(16)5-14-9-2-1-6(15(17)18)3-8(9)10(12)13-14/h1-3,7,16H,4-5H2. The summed E-state index contributed by atoms with van der Waals surface area (Å²) in [6, 6.07) is 4.27. The van der Waals surface area contributed by atoms with Gasteiger partial charge in [0.05, 0.1) is 29.0 Å². The third kappa shape index (κ3) is 2.40. The Morgan fingerprint density at radius 1 is 1.56 bits per heavy atom. The molecule has 0 radical (unpaired) electrons. The molecule has 1 atom stereocenters. The number of nitrogens with zero attached hydrogens (tertiary/aromatic N) is 3. The number of fused-ring (bicyclic) bond motifs is 1. The normalized spacial score (nSPS) is 12.8. The molecule has 1 aromatic carbocycles. The van der Waals surface area contributed by atoms with Gasteiger partial charge in [0.1, 0.15) is 0 Å². The largest absolute Gasteiger partial charge is 0.390 e. The van der Waals surface area contributed by atoms with Gasteiger partial charge in [0.15, 0.2) is 5.15 Å². The number of aromatic nitrogens is 2. The maximum atomic E-state index is 10.7. The summed E-state index contributed by atoms with van der Waals surface area (Å²) < 4.78 is 1.48. The monoisotopic (exact) mass is 289 g/mol. The van der Waals surface area contributed by atoms with Crippen LogP contribution >= 0.6 is 23.2 Å². The molecule has 1 heterocycles. The molecular weight excluding hydrogens is 281 g/mol. The zero-order valence-electron chi connectivity index (χ0n) is 9.08. The molecule has 1 aromatic heterocycles. The Morgan fingerprint density at radius 2 is 2.28 bits per heavy atom. The molecule has 2 aromatic rings. The van der Waals surface area contributed by atoms with Gasteiger partial charge < -0.3 is 5.11 Å². The Kier molecular flexibility index (Phi) is 3.70. The molecule has 0 spiro atoms. The highest BCUT2D eigenvalue weighted by molar-refractivity contribution is 6.34. The van der Waals surface area contributed by atoms with Crippen molar-refractivity contribution in [1.29, 1.82) is 0 Å². The molecule has 0 fully saturated rings. The first kappa shape index (κ1) is 13.1. The average molecular weight is 290 g/mol. The van der Waals surface area contributed by atoms with Gasteiger partial charge in [0, 0.05) is 17.5 Å². The second-order valence-electron chi connectivity index (χ2n) is 3.74. The van der Waals surface area contributed by atoms with E-state index in [1.807, 2.05) is 0 Å². The minimum absolute atomic E-state index is 0.0539. The Bertz CT molecular complexity index is 599. The number of nitro benzene ring substituents is 1. The number of rotatable bonds is 4. The molecule has 96 valence electrons. The van der Waals surface area contributed by atoms with Crippen molar-refractivity contribution in [3.63, 3.8) is 0 Å². The van der Waals surface area contributed by atoms with E-state index in [-0.39, 0.29) is 23.3 Å². The quantitative estimate of drug-likeness (QED) is 0.531. The number of halogens is 2. The first-order chi connectivity index (χ1) is 8.52. The first-order valence-electron chi connectivity index (χ1n) is 5.07. The highest BCUT2D eigenvalue weighted by Crippen LogP contribution is 2.27. The topological polar surface area (TPSA) is 81.2 Å². The fourth-order valence-corrected chi connectivity index (χ4v) is 1.97. The van der Waals surface area contributed by atoms with E-state index >= 15 is 0 Å². The summed E-state index contributed by atoms with van der Waals surface area (Å²) in [6.45, 7) is 0.185. The zero-order valence-corrected chi connectivity index (χ0v) is 10.6. The first-order valence-corrected chi connectivity index (χ1v) is 5.98. The van der Waals surface area contributed by atoms with Gasteiger partial charge in [-0.3, -0.25) is 14.8 Å². The van der Waals surface area contributed by atoms with Crippen LogP contribution in [0.1, 0.15) is 0 Å². The number of non-ortho nitro benzene ring substituents is 1. The second kappa shape index (κ2) is 5.09. The molecule has 0 amide bonds. The van der Waals surface area contributed by atoms with Crippen molar-refractivity contribution < 1.29 is 10.0 Å². The smallest absolute Gasteiger partial charge is 0.270 e. The van der Waals surface area contributed by atoms with Gasteiger partial charge in [-0.2, -0.15) is 5.10 Å². The molecule has 1 unspecified atom stereocenters. The minimum Gasteiger partial charge on any atom is -0.390 e. The summed E-state index contributed by atoms with van der Waals surface area (Å²) in [7, 11) is 0. The van der Waals surface area contributed by atoms with E-state index in [2.05, 4.69) is 5.10 Å². The van der Waals surface area contributed by atoms with E-state index in [9.17, 15) is 15.2 Å². The summed E-state index contributed by atoms with van der Waals surface area (Å²) in [5, 5.41) is 24.8. The molecule has 6 nitrogen and oxygen atoms in total. The van der Waals surface area contributed by atoms with Crippen molar-refractivity contribution in [3.8, 4) is 0 Å². The molecule has 8 heteroatoms. The Labute approximate surface area is 112 Å². The lowest BCUT2D eigenvalue weighted by Crippen LogP contribution is -2.18. The van der Waals surface area contributed by atoms with E-state index < -0.39 is 11.0 Å². The molecule has 1 N–H and O–H groups in total. The summed E-state index contributed by atoms with van der Waals surface area (Å²) in [4.78, 5) is 10.2. The summed E-state index contributed by atoms with van der Waals surface area (Å²) >= 11 is 11.4.